The molecule has 0 aliphatic carbocycles. The molecule has 3 aromatic rings. The van der Waals surface area contributed by atoms with Crippen molar-refractivity contribution < 1.29 is 9.90 Å². The zero-order chi connectivity index (χ0) is 16.4. The van der Waals surface area contributed by atoms with Crippen LogP contribution in [0.25, 0.3) is 17.1 Å². The highest BCUT2D eigenvalue weighted by Gasteiger charge is 2.17. The van der Waals surface area contributed by atoms with Gasteiger partial charge in [-0.1, -0.05) is 55.0 Å². The molecule has 0 atom stereocenters. The minimum Gasteiger partial charge on any atom is -0.476 e. The number of carboxylic acid groups (broad SMARTS) is 1. The van der Waals surface area contributed by atoms with Gasteiger partial charge in [-0.3, -0.25) is 4.57 Å². The third-order valence-corrected chi connectivity index (χ3v) is 3.87. The molecule has 4 heteroatoms. The van der Waals surface area contributed by atoms with Crippen LogP contribution in [-0.4, -0.2) is 20.6 Å². The van der Waals surface area contributed by atoms with Gasteiger partial charge in [0.05, 0.1) is 5.69 Å². The van der Waals surface area contributed by atoms with Crippen LogP contribution in [0.5, 0.6) is 0 Å². The molecule has 1 N–H and O–H groups in total. The first-order valence-corrected chi connectivity index (χ1v) is 7.58. The van der Waals surface area contributed by atoms with E-state index in [0.29, 0.717) is 5.82 Å². The van der Waals surface area contributed by atoms with Crippen LogP contribution in [-0.2, 0) is 6.42 Å². The Morgan fingerprint density at radius 2 is 1.83 bits per heavy atom. The van der Waals surface area contributed by atoms with Crippen molar-refractivity contribution in [3.63, 3.8) is 0 Å². The minimum atomic E-state index is -1.02. The van der Waals surface area contributed by atoms with Crippen LogP contribution in [0.3, 0.4) is 0 Å². The Balaban J connectivity index is 2.23. The van der Waals surface area contributed by atoms with E-state index in [1.807, 2.05) is 54.0 Å². The van der Waals surface area contributed by atoms with E-state index in [-0.39, 0.29) is 5.69 Å². The van der Waals surface area contributed by atoms with E-state index in [1.165, 1.54) is 0 Å². The molecular weight excluding hydrogens is 288 g/mol. The van der Waals surface area contributed by atoms with E-state index in [9.17, 15) is 9.90 Å². The highest BCUT2D eigenvalue weighted by Crippen LogP contribution is 2.25. The largest absolute Gasteiger partial charge is 0.476 e. The van der Waals surface area contributed by atoms with Crippen molar-refractivity contribution in [3.8, 4) is 17.1 Å². The van der Waals surface area contributed by atoms with Gasteiger partial charge < -0.3 is 5.11 Å². The molecular formula is C19H18N2O2. The molecule has 0 fully saturated rings. The van der Waals surface area contributed by atoms with Crippen molar-refractivity contribution in [2.24, 2.45) is 0 Å². The molecule has 0 bridgehead atoms. The number of imidazole rings is 1. The van der Waals surface area contributed by atoms with E-state index in [1.54, 1.807) is 6.20 Å². The number of hydrogen-bond donors (Lipinski definition) is 1. The third kappa shape index (κ3) is 2.88. The molecule has 1 heterocycles. The Hall–Kier alpha value is -2.88. The minimum absolute atomic E-state index is 0.0477. The molecule has 0 aliphatic rings. The molecule has 2 aromatic carbocycles. The zero-order valence-electron chi connectivity index (χ0n) is 13.2. The molecule has 23 heavy (non-hydrogen) atoms. The lowest BCUT2D eigenvalue weighted by Crippen LogP contribution is -2.00. The molecule has 0 radical (unpaired) electrons. The summed E-state index contributed by atoms with van der Waals surface area (Å²) in [6, 6.07) is 15.9. The number of benzene rings is 2. The highest BCUT2D eigenvalue weighted by molar-refractivity contribution is 5.86. The monoisotopic (exact) mass is 306 g/mol. The normalized spacial score (nSPS) is 10.7. The summed E-state index contributed by atoms with van der Waals surface area (Å²) in [5.41, 5.74) is 4.21. The van der Waals surface area contributed by atoms with Crippen LogP contribution in [0.15, 0.2) is 54.7 Å². The predicted molar refractivity (Wildman–Crippen MR) is 90.1 cm³/mol. The van der Waals surface area contributed by atoms with Gasteiger partial charge in [0.1, 0.15) is 5.82 Å². The number of para-hydroxylation sites is 1. The molecule has 0 unspecified atom stereocenters. The number of aromatic carboxylic acids is 1. The lowest BCUT2D eigenvalue weighted by molar-refractivity contribution is 0.0691. The van der Waals surface area contributed by atoms with Crippen molar-refractivity contribution >= 4 is 5.97 Å². The van der Waals surface area contributed by atoms with Crippen molar-refractivity contribution in [1.29, 1.82) is 0 Å². The number of hydrogen-bond acceptors (Lipinski definition) is 2. The summed E-state index contributed by atoms with van der Waals surface area (Å²) >= 11 is 0. The molecule has 116 valence electrons. The van der Waals surface area contributed by atoms with Gasteiger partial charge in [-0.25, -0.2) is 9.78 Å². The average molecular weight is 306 g/mol. The maximum Gasteiger partial charge on any atom is 0.356 e. The maximum atomic E-state index is 11.4. The smallest absolute Gasteiger partial charge is 0.356 e. The highest BCUT2D eigenvalue weighted by atomic mass is 16.4. The van der Waals surface area contributed by atoms with Crippen LogP contribution < -0.4 is 0 Å². The van der Waals surface area contributed by atoms with Gasteiger partial charge in [0.25, 0.3) is 0 Å². The third-order valence-electron chi connectivity index (χ3n) is 3.87. The summed E-state index contributed by atoms with van der Waals surface area (Å²) in [7, 11) is 0. The van der Waals surface area contributed by atoms with Crippen molar-refractivity contribution in [2.45, 2.75) is 20.3 Å². The Morgan fingerprint density at radius 3 is 2.48 bits per heavy atom. The zero-order valence-corrected chi connectivity index (χ0v) is 13.2. The first kappa shape index (κ1) is 15.0. The average Bonchev–Trinajstić information content (AvgIpc) is 3.01. The number of aromatic nitrogens is 2. The van der Waals surface area contributed by atoms with E-state index in [4.69, 9.17) is 0 Å². The summed E-state index contributed by atoms with van der Waals surface area (Å²) < 4.78 is 1.87. The fraction of sp³-hybridized carbons (Fsp3) is 0.158. The van der Waals surface area contributed by atoms with Crippen molar-refractivity contribution in [2.75, 3.05) is 0 Å². The number of carbonyl (C=O) groups is 1. The van der Waals surface area contributed by atoms with Crippen LogP contribution in [0.2, 0.25) is 0 Å². The first-order chi connectivity index (χ1) is 11.1. The molecule has 4 nitrogen and oxygen atoms in total. The number of rotatable bonds is 4. The topological polar surface area (TPSA) is 55.1 Å². The van der Waals surface area contributed by atoms with Gasteiger partial charge in [-0.2, -0.15) is 0 Å². The van der Waals surface area contributed by atoms with Gasteiger partial charge in [0, 0.05) is 11.8 Å². The second-order valence-corrected chi connectivity index (χ2v) is 5.47. The van der Waals surface area contributed by atoms with Crippen LogP contribution in [0.4, 0.5) is 0 Å². The Labute approximate surface area is 135 Å². The van der Waals surface area contributed by atoms with Crippen LogP contribution >= 0.6 is 0 Å². The fourth-order valence-corrected chi connectivity index (χ4v) is 2.62. The van der Waals surface area contributed by atoms with Gasteiger partial charge in [-0.05, 0) is 25.0 Å². The molecule has 0 amide bonds. The second kappa shape index (κ2) is 6.08. The summed E-state index contributed by atoms with van der Waals surface area (Å²) in [5, 5.41) is 9.31. The second-order valence-electron chi connectivity index (χ2n) is 5.47. The van der Waals surface area contributed by atoms with Crippen molar-refractivity contribution in [3.05, 3.63) is 71.5 Å². The van der Waals surface area contributed by atoms with E-state index >= 15 is 0 Å². The molecule has 1 aromatic heterocycles. The summed E-state index contributed by atoms with van der Waals surface area (Å²) in [6.45, 7) is 4.10. The van der Waals surface area contributed by atoms with Gasteiger partial charge >= 0.3 is 5.97 Å². The predicted octanol–water partition coefficient (Wildman–Crippen LogP) is 4.11. The molecule has 0 saturated heterocycles. The van der Waals surface area contributed by atoms with E-state index < -0.39 is 5.97 Å². The summed E-state index contributed by atoms with van der Waals surface area (Å²) in [6.07, 6.45) is 2.45. The number of aryl methyl sites for hydroxylation is 2. The Morgan fingerprint density at radius 1 is 1.13 bits per heavy atom. The quantitative estimate of drug-likeness (QED) is 0.789. The number of carboxylic acids is 1. The Bertz CT molecular complexity index is 848. The SMILES string of the molecule is CCc1ccccc1-n1cc(C(=O)O)nc1-c1ccc(C)cc1. The number of nitrogens with zero attached hydrogens (tertiary/aromatic N) is 2. The van der Waals surface area contributed by atoms with Crippen LogP contribution in [0, 0.1) is 6.92 Å². The lowest BCUT2D eigenvalue weighted by Gasteiger charge is -2.12. The molecule has 0 aliphatic heterocycles. The van der Waals surface area contributed by atoms with Crippen LogP contribution in [0.1, 0.15) is 28.5 Å². The van der Waals surface area contributed by atoms with Gasteiger partial charge in [-0.15, -0.1) is 0 Å². The molecule has 0 spiro atoms. The van der Waals surface area contributed by atoms with Gasteiger partial charge in [0.2, 0.25) is 0 Å². The van der Waals surface area contributed by atoms with Gasteiger partial charge in [0.15, 0.2) is 5.69 Å². The maximum absolute atomic E-state index is 11.4. The van der Waals surface area contributed by atoms with E-state index in [2.05, 4.69) is 18.0 Å². The lowest BCUT2D eigenvalue weighted by atomic mass is 10.1. The first-order valence-electron chi connectivity index (χ1n) is 7.58. The standard InChI is InChI=1S/C19H18N2O2/c1-3-14-6-4-5-7-17(14)21-12-16(19(22)23)20-18(21)15-10-8-13(2)9-11-15/h4-12H,3H2,1-2H3,(H,22,23). The Kier molecular flexibility index (Phi) is 3.98. The van der Waals surface area contributed by atoms with Crippen molar-refractivity contribution in [1.82, 2.24) is 9.55 Å². The summed E-state index contributed by atoms with van der Waals surface area (Å²) in [5.74, 6) is -0.380. The summed E-state index contributed by atoms with van der Waals surface area (Å²) in [4.78, 5) is 15.7. The van der Waals surface area contributed by atoms with E-state index in [0.717, 1.165) is 28.8 Å². The molecule has 0 saturated carbocycles. The molecule has 3 rings (SSSR count). The fourth-order valence-electron chi connectivity index (χ4n) is 2.62.